The Hall–Kier alpha value is -0.370. The summed E-state index contributed by atoms with van der Waals surface area (Å²) >= 11 is 0. The van der Waals surface area contributed by atoms with Gasteiger partial charge in [-0.3, -0.25) is 4.99 Å². The lowest BCUT2D eigenvalue weighted by atomic mass is 10.0. The molecule has 2 nitrogen and oxygen atoms in total. The molecule has 0 saturated heterocycles. The molecule has 0 N–H and O–H groups in total. The highest BCUT2D eigenvalue weighted by atomic mass is 16.5. The van der Waals surface area contributed by atoms with Crippen LogP contribution in [0, 0.1) is 0 Å². The lowest BCUT2D eigenvalue weighted by molar-refractivity contribution is -0.0633. The van der Waals surface area contributed by atoms with Crippen molar-refractivity contribution in [3.63, 3.8) is 0 Å². The molecule has 1 rings (SSSR count). The van der Waals surface area contributed by atoms with Crippen LogP contribution >= 0.6 is 0 Å². The Bertz CT molecular complexity index is 161. The van der Waals surface area contributed by atoms with Crippen molar-refractivity contribution in [1.82, 2.24) is 0 Å². The second-order valence-electron chi connectivity index (χ2n) is 3.52. The maximum atomic E-state index is 5.56. The summed E-state index contributed by atoms with van der Waals surface area (Å²) in [4.78, 5) is 4.27. The third-order valence-electron chi connectivity index (χ3n) is 1.57. The molecule has 1 aliphatic heterocycles. The minimum Gasteiger partial charge on any atom is -0.351 e. The first-order valence-corrected chi connectivity index (χ1v) is 3.71. The average Bonchev–Trinajstić information content (AvgIpc) is 1.54. The summed E-state index contributed by atoms with van der Waals surface area (Å²) in [5, 5.41) is 0. The van der Waals surface area contributed by atoms with E-state index in [0.29, 0.717) is 0 Å². The van der Waals surface area contributed by atoms with Crippen molar-refractivity contribution in [2.45, 2.75) is 45.9 Å². The molecule has 1 unspecified atom stereocenters. The molecule has 1 aliphatic rings. The lowest BCUT2D eigenvalue weighted by Gasteiger charge is -2.32. The number of aliphatic imine (C=N–C) groups is 1. The zero-order valence-electron chi connectivity index (χ0n) is 7.14. The predicted molar refractivity (Wildman–Crippen MR) is 42.4 cm³/mol. The van der Waals surface area contributed by atoms with E-state index >= 15 is 0 Å². The Morgan fingerprint density at radius 2 is 2.20 bits per heavy atom. The second kappa shape index (κ2) is 2.35. The molecule has 0 bridgehead atoms. The van der Waals surface area contributed by atoms with Crippen molar-refractivity contribution < 1.29 is 4.74 Å². The Labute approximate surface area is 62.3 Å². The summed E-state index contributed by atoms with van der Waals surface area (Å²) in [6.07, 6.45) is 1.00. The molecule has 0 aliphatic carbocycles. The van der Waals surface area contributed by atoms with Crippen LogP contribution < -0.4 is 0 Å². The minimum atomic E-state index is -0.00868. The molecule has 0 fully saturated rings. The Balaban J connectivity index is 2.70. The highest BCUT2D eigenvalue weighted by Crippen LogP contribution is 2.22. The molecule has 58 valence electrons. The molecule has 0 radical (unpaired) electrons. The van der Waals surface area contributed by atoms with E-state index in [1.54, 1.807) is 0 Å². The van der Waals surface area contributed by atoms with Gasteiger partial charge in [-0.2, -0.15) is 0 Å². The van der Waals surface area contributed by atoms with Gasteiger partial charge in [-0.1, -0.05) is 0 Å². The lowest BCUT2D eigenvalue weighted by Crippen LogP contribution is -2.35. The summed E-state index contributed by atoms with van der Waals surface area (Å²) in [7, 11) is 0. The number of hydrogen-bond donors (Lipinski definition) is 0. The zero-order chi connectivity index (χ0) is 7.78. The van der Waals surface area contributed by atoms with Crippen LogP contribution in [0.2, 0.25) is 0 Å². The average molecular weight is 141 g/mol. The Morgan fingerprint density at radius 3 is 2.60 bits per heavy atom. The van der Waals surface area contributed by atoms with Crippen LogP contribution in [-0.4, -0.2) is 17.5 Å². The normalized spacial score (nSPS) is 31.6. The van der Waals surface area contributed by atoms with Gasteiger partial charge < -0.3 is 4.74 Å². The standard InChI is InChI=1S/C8H15NO/c1-6-5-8(3,4)10-7(2)9-6/h7H,5H2,1-4H3. The van der Waals surface area contributed by atoms with E-state index < -0.39 is 0 Å². The molecule has 0 aromatic carbocycles. The molecular formula is C8H15NO. The molecule has 2 heteroatoms. The van der Waals surface area contributed by atoms with Crippen LogP contribution in [-0.2, 0) is 4.74 Å². The summed E-state index contributed by atoms with van der Waals surface area (Å²) in [6.45, 7) is 8.23. The van der Waals surface area contributed by atoms with Gasteiger partial charge in [-0.05, 0) is 27.7 Å². The highest BCUT2D eigenvalue weighted by Gasteiger charge is 2.26. The first-order valence-electron chi connectivity index (χ1n) is 3.71. The third kappa shape index (κ3) is 1.81. The fraction of sp³-hybridized carbons (Fsp3) is 0.875. The fourth-order valence-electron chi connectivity index (χ4n) is 1.50. The van der Waals surface area contributed by atoms with Crippen molar-refractivity contribution in [3.8, 4) is 0 Å². The zero-order valence-corrected chi connectivity index (χ0v) is 7.14. The summed E-state index contributed by atoms with van der Waals surface area (Å²) in [6, 6.07) is 0. The van der Waals surface area contributed by atoms with E-state index in [-0.39, 0.29) is 11.8 Å². The van der Waals surface area contributed by atoms with E-state index in [4.69, 9.17) is 4.74 Å². The number of nitrogens with zero attached hydrogens (tertiary/aromatic N) is 1. The number of hydrogen-bond acceptors (Lipinski definition) is 2. The van der Waals surface area contributed by atoms with Crippen molar-refractivity contribution in [3.05, 3.63) is 0 Å². The summed E-state index contributed by atoms with van der Waals surface area (Å²) < 4.78 is 5.56. The van der Waals surface area contributed by atoms with E-state index in [2.05, 4.69) is 25.8 Å². The predicted octanol–water partition coefficient (Wildman–Crippen LogP) is 1.99. The van der Waals surface area contributed by atoms with E-state index in [9.17, 15) is 0 Å². The first-order chi connectivity index (χ1) is 4.49. The van der Waals surface area contributed by atoms with Crippen LogP contribution in [0.5, 0.6) is 0 Å². The van der Waals surface area contributed by atoms with Crippen molar-refractivity contribution in [2.75, 3.05) is 0 Å². The topological polar surface area (TPSA) is 21.6 Å². The molecule has 10 heavy (non-hydrogen) atoms. The van der Waals surface area contributed by atoms with Gasteiger partial charge in [0.15, 0.2) is 0 Å². The van der Waals surface area contributed by atoms with Gasteiger partial charge in [-0.15, -0.1) is 0 Å². The Kier molecular flexibility index (Phi) is 1.82. The maximum Gasteiger partial charge on any atom is 0.146 e. The van der Waals surface area contributed by atoms with E-state index in [1.165, 1.54) is 5.71 Å². The third-order valence-corrected chi connectivity index (χ3v) is 1.57. The van der Waals surface area contributed by atoms with Crippen LogP contribution in [0.4, 0.5) is 0 Å². The van der Waals surface area contributed by atoms with Gasteiger partial charge in [0, 0.05) is 12.1 Å². The molecule has 0 saturated carbocycles. The fourth-order valence-corrected chi connectivity index (χ4v) is 1.50. The van der Waals surface area contributed by atoms with Crippen molar-refractivity contribution in [1.29, 1.82) is 0 Å². The van der Waals surface area contributed by atoms with Crippen LogP contribution in [0.25, 0.3) is 0 Å². The summed E-state index contributed by atoms with van der Waals surface area (Å²) in [5.41, 5.74) is 1.19. The SMILES string of the molecule is CC1=NC(C)OC(C)(C)C1. The van der Waals surface area contributed by atoms with Crippen LogP contribution in [0.15, 0.2) is 4.99 Å². The highest BCUT2D eigenvalue weighted by molar-refractivity contribution is 5.83. The molecule has 0 amide bonds. The molecule has 0 aromatic heterocycles. The van der Waals surface area contributed by atoms with Crippen LogP contribution in [0.1, 0.15) is 34.1 Å². The van der Waals surface area contributed by atoms with Gasteiger partial charge >= 0.3 is 0 Å². The molecule has 0 spiro atoms. The quantitative estimate of drug-likeness (QED) is 0.505. The first kappa shape index (κ1) is 7.73. The smallest absolute Gasteiger partial charge is 0.146 e. The van der Waals surface area contributed by atoms with E-state index in [0.717, 1.165) is 6.42 Å². The second-order valence-corrected chi connectivity index (χ2v) is 3.52. The van der Waals surface area contributed by atoms with Crippen molar-refractivity contribution >= 4 is 5.71 Å². The van der Waals surface area contributed by atoms with Gasteiger partial charge in [0.1, 0.15) is 6.23 Å². The number of rotatable bonds is 0. The monoisotopic (exact) mass is 141 g/mol. The van der Waals surface area contributed by atoms with Crippen molar-refractivity contribution in [2.24, 2.45) is 4.99 Å². The van der Waals surface area contributed by atoms with E-state index in [1.807, 2.05) is 6.92 Å². The summed E-state index contributed by atoms with van der Waals surface area (Å²) in [5.74, 6) is 0. The largest absolute Gasteiger partial charge is 0.351 e. The van der Waals surface area contributed by atoms with Gasteiger partial charge in [0.2, 0.25) is 0 Å². The van der Waals surface area contributed by atoms with Gasteiger partial charge in [0.05, 0.1) is 5.60 Å². The van der Waals surface area contributed by atoms with Gasteiger partial charge in [0.25, 0.3) is 0 Å². The molecule has 1 heterocycles. The minimum absolute atomic E-state index is 0.00868. The Morgan fingerprint density at radius 1 is 1.60 bits per heavy atom. The molecule has 1 atom stereocenters. The van der Waals surface area contributed by atoms with Crippen LogP contribution in [0.3, 0.4) is 0 Å². The maximum absolute atomic E-state index is 5.56. The number of ether oxygens (including phenoxy) is 1. The molecular weight excluding hydrogens is 126 g/mol. The van der Waals surface area contributed by atoms with Gasteiger partial charge in [-0.25, -0.2) is 0 Å². The molecule has 0 aromatic rings.